The van der Waals surface area contributed by atoms with E-state index in [1.165, 1.54) is 6.07 Å². The van der Waals surface area contributed by atoms with Crippen LogP contribution >= 0.6 is 0 Å². The average molecular weight is 269 g/mol. The van der Waals surface area contributed by atoms with Crippen LogP contribution in [0, 0.1) is 5.82 Å². The summed E-state index contributed by atoms with van der Waals surface area (Å²) in [5.41, 5.74) is 0.313. The summed E-state index contributed by atoms with van der Waals surface area (Å²) in [6.07, 6.45) is 1.44. The standard InChI is InChI=1S/C14H20FNO3/c1-18-12-2-3-13(15)11(8-12)9-16-14(4-6-17)5-7-19-10-14/h2-3,8,16-17H,4-7,9-10H2,1H3. The Bertz CT molecular complexity index is 419. The Balaban J connectivity index is 2.04. The quantitative estimate of drug-likeness (QED) is 0.821. The lowest BCUT2D eigenvalue weighted by Gasteiger charge is -2.28. The topological polar surface area (TPSA) is 50.7 Å². The van der Waals surface area contributed by atoms with E-state index in [4.69, 9.17) is 14.6 Å². The number of nitrogens with one attached hydrogen (secondary N) is 1. The highest BCUT2D eigenvalue weighted by atomic mass is 19.1. The second-order valence-electron chi connectivity index (χ2n) is 4.87. The zero-order valence-corrected chi connectivity index (χ0v) is 11.1. The summed E-state index contributed by atoms with van der Waals surface area (Å²) in [5.74, 6) is 0.378. The molecular formula is C14H20FNO3. The summed E-state index contributed by atoms with van der Waals surface area (Å²) in [7, 11) is 1.56. The van der Waals surface area contributed by atoms with Crippen molar-refractivity contribution in [3.05, 3.63) is 29.6 Å². The third-order valence-electron chi connectivity index (χ3n) is 3.60. The molecule has 0 bridgehead atoms. The zero-order chi connectivity index (χ0) is 13.7. The summed E-state index contributed by atoms with van der Waals surface area (Å²) in [6, 6.07) is 4.69. The van der Waals surface area contributed by atoms with Gasteiger partial charge in [0.15, 0.2) is 0 Å². The predicted octanol–water partition coefficient (Wildman–Crippen LogP) is 1.47. The van der Waals surface area contributed by atoms with Gasteiger partial charge in [-0.2, -0.15) is 0 Å². The lowest BCUT2D eigenvalue weighted by atomic mass is 9.94. The van der Waals surface area contributed by atoms with E-state index in [9.17, 15) is 4.39 Å². The van der Waals surface area contributed by atoms with E-state index in [-0.39, 0.29) is 18.0 Å². The average Bonchev–Trinajstić information content (AvgIpc) is 2.87. The first-order chi connectivity index (χ1) is 9.19. The molecule has 0 aromatic heterocycles. The summed E-state index contributed by atoms with van der Waals surface area (Å²) >= 11 is 0. The van der Waals surface area contributed by atoms with Crippen LogP contribution in [0.15, 0.2) is 18.2 Å². The zero-order valence-electron chi connectivity index (χ0n) is 11.1. The number of halogens is 1. The van der Waals surface area contributed by atoms with Crippen LogP contribution in [-0.4, -0.2) is 37.6 Å². The van der Waals surface area contributed by atoms with Crippen LogP contribution in [0.2, 0.25) is 0 Å². The van der Waals surface area contributed by atoms with Gasteiger partial charge in [-0.05, 0) is 31.0 Å². The smallest absolute Gasteiger partial charge is 0.127 e. The van der Waals surface area contributed by atoms with Crippen molar-refractivity contribution in [1.29, 1.82) is 0 Å². The van der Waals surface area contributed by atoms with Crippen LogP contribution < -0.4 is 10.1 Å². The highest BCUT2D eigenvalue weighted by Crippen LogP contribution is 2.24. The van der Waals surface area contributed by atoms with Gasteiger partial charge in [0, 0.05) is 30.9 Å². The number of ether oxygens (including phenoxy) is 2. The Kier molecular flexibility index (Phi) is 4.74. The van der Waals surface area contributed by atoms with Crippen molar-refractivity contribution in [2.45, 2.75) is 24.9 Å². The second-order valence-corrected chi connectivity index (χ2v) is 4.87. The van der Waals surface area contributed by atoms with Gasteiger partial charge in [0.05, 0.1) is 13.7 Å². The fraction of sp³-hybridized carbons (Fsp3) is 0.571. The minimum atomic E-state index is -0.258. The number of aliphatic hydroxyl groups excluding tert-OH is 1. The van der Waals surface area contributed by atoms with Crippen molar-refractivity contribution in [2.24, 2.45) is 0 Å². The van der Waals surface area contributed by atoms with Gasteiger partial charge in [-0.3, -0.25) is 0 Å². The molecule has 5 heteroatoms. The molecule has 1 saturated heterocycles. The molecule has 4 nitrogen and oxygen atoms in total. The minimum Gasteiger partial charge on any atom is -0.497 e. The van der Waals surface area contributed by atoms with Crippen molar-refractivity contribution >= 4 is 0 Å². The molecule has 1 atom stereocenters. The molecule has 19 heavy (non-hydrogen) atoms. The van der Waals surface area contributed by atoms with Gasteiger partial charge in [0.25, 0.3) is 0 Å². The van der Waals surface area contributed by atoms with Crippen molar-refractivity contribution in [1.82, 2.24) is 5.32 Å². The molecule has 106 valence electrons. The van der Waals surface area contributed by atoms with E-state index >= 15 is 0 Å². The minimum absolute atomic E-state index is 0.0942. The maximum absolute atomic E-state index is 13.7. The molecule has 1 unspecified atom stereocenters. The van der Waals surface area contributed by atoms with Gasteiger partial charge < -0.3 is 19.9 Å². The number of rotatable bonds is 6. The van der Waals surface area contributed by atoms with Crippen LogP contribution in [0.4, 0.5) is 4.39 Å². The van der Waals surface area contributed by atoms with Crippen molar-refractivity contribution in [2.75, 3.05) is 26.9 Å². The van der Waals surface area contributed by atoms with Crippen LogP contribution in [0.3, 0.4) is 0 Å². The summed E-state index contributed by atoms with van der Waals surface area (Å²) in [5, 5.41) is 12.5. The van der Waals surface area contributed by atoms with Crippen LogP contribution in [0.1, 0.15) is 18.4 Å². The Morgan fingerprint density at radius 2 is 2.37 bits per heavy atom. The van der Waals surface area contributed by atoms with E-state index in [1.807, 2.05) is 0 Å². The third-order valence-corrected chi connectivity index (χ3v) is 3.60. The van der Waals surface area contributed by atoms with E-state index in [2.05, 4.69) is 5.32 Å². The van der Waals surface area contributed by atoms with Gasteiger partial charge in [-0.15, -0.1) is 0 Å². The largest absolute Gasteiger partial charge is 0.497 e. The SMILES string of the molecule is COc1ccc(F)c(CNC2(CCO)CCOC2)c1. The molecule has 1 aliphatic rings. The molecule has 1 heterocycles. The first-order valence-corrected chi connectivity index (χ1v) is 6.45. The fourth-order valence-electron chi connectivity index (χ4n) is 2.34. The third kappa shape index (κ3) is 3.43. The molecule has 0 aliphatic carbocycles. The number of benzene rings is 1. The summed E-state index contributed by atoms with van der Waals surface area (Å²) in [6.45, 7) is 1.72. The lowest BCUT2D eigenvalue weighted by molar-refractivity contribution is 0.146. The number of methoxy groups -OCH3 is 1. The number of hydrogen-bond donors (Lipinski definition) is 2. The van der Waals surface area contributed by atoms with Crippen LogP contribution in [-0.2, 0) is 11.3 Å². The molecular weight excluding hydrogens is 249 g/mol. The van der Waals surface area contributed by atoms with Gasteiger partial charge in [-0.1, -0.05) is 0 Å². The van der Waals surface area contributed by atoms with Gasteiger partial charge in [0.2, 0.25) is 0 Å². The maximum Gasteiger partial charge on any atom is 0.127 e. The molecule has 1 fully saturated rings. The molecule has 1 aliphatic heterocycles. The Morgan fingerprint density at radius 3 is 3.00 bits per heavy atom. The Morgan fingerprint density at radius 1 is 1.53 bits per heavy atom. The highest BCUT2D eigenvalue weighted by molar-refractivity contribution is 5.29. The number of aliphatic hydroxyl groups is 1. The van der Waals surface area contributed by atoms with Gasteiger partial charge in [-0.25, -0.2) is 4.39 Å². The lowest BCUT2D eigenvalue weighted by Crippen LogP contribution is -2.46. The predicted molar refractivity (Wildman–Crippen MR) is 69.7 cm³/mol. The summed E-state index contributed by atoms with van der Waals surface area (Å²) < 4.78 is 24.2. The molecule has 0 saturated carbocycles. The second kappa shape index (κ2) is 6.32. The highest BCUT2D eigenvalue weighted by Gasteiger charge is 2.33. The first kappa shape index (κ1) is 14.2. The van der Waals surface area contributed by atoms with Crippen molar-refractivity contribution in [3.8, 4) is 5.75 Å². The first-order valence-electron chi connectivity index (χ1n) is 6.45. The van der Waals surface area contributed by atoms with E-state index in [0.29, 0.717) is 37.5 Å². The van der Waals surface area contributed by atoms with Gasteiger partial charge in [0.1, 0.15) is 11.6 Å². The summed E-state index contributed by atoms with van der Waals surface area (Å²) in [4.78, 5) is 0. The van der Waals surface area contributed by atoms with Crippen molar-refractivity contribution in [3.63, 3.8) is 0 Å². The van der Waals surface area contributed by atoms with E-state index in [1.54, 1.807) is 19.2 Å². The fourth-order valence-corrected chi connectivity index (χ4v) is 2.34. The Labute approximate surface area is 112 Å². The van der Waals surface area contributed by atoms with Crippen LogP contribution in [0.5, 0.6) is 5.75 Å². The molecule has 0 spiro atoms. The maximum atomic E-state index is 13.7. The van der Waals surface area contributed by atoms with Crippen molar-refractivity contribution < 1.29 is 19.0 Å². The van der Waals surface area contributed by atoms with Crippen LogP contribution in [0.25, 0.3) is 0 Å². The number of hydrogen-bond acceptors (Lipinski definition) is 4. The molecule has 1 aromatic rings. The Hall–Kier alpha value is -1.17. The van der Waals surface area contributed by atoms with E-state index < -0.39 is 0 Å². The molecule has 1 aromatic carbocycles. The monoisotopic (exact) mass is 269 g/mol. The molecule has 0 radical (unpaired) electrons. The molecule has 0 amide bonds. The molecule has 2 N–H and O–H groups in total. The van der Waals surface area contributed by atoms with Gasteiger partial charge >= 0.3 is 0 Å². The normalized spacial score (nSPS) is 22.7. The molecule has 2 rings (SSSR count). The van der Waals surface area contributed by atoms with E-state index in [0.717, 1.165) is 6.42 Å².